The van der Waals surface area contributed by atoms with Gasteiger partial charge in [0.1, 0.15) is 23.6 Å². The number of pyridine rings is 1. The Hall–Kier alpha value is -3.33. The van der Waals surface area contributed by atoms with Crippen molar-refractivity contribution in [3.63, 3.8) is 0 Å². The molecule has 1 saturated heterocycles. The first-order chi connectivity index (χ1) is 15.2. The second kappa shape index (κ2) is 8.43. The summed E-state index contributed by atoms with van der Waals surface area (Å²) in [5.74, 6) is 3.43. The van der Waals surface area contributed by atoms with E-state index in [4.69, 9.17) is 19.2 Å². The number of nitrogens with zero attached hydrogens (tertiary/aromatic N) is 5. The van der Waals surface area contributed by atoms with Crippen molar-refractivity contribution in [2.24, 2.45) is 0 Å². The fraction of sp³-hybridized carbons (Fsp3) is 0.409. The van der Waals surface area contributed by atoms with E-state index in [9.17, 15) is 0 Å². The van der Waals surface area contributed by atoms with Crippen LogP contribution >= 0.6 is 0 Å². The number of rotatable bonds is 7. The van der Waals surface area contributed by atoms with E-state index in [1.807, 2.05) is 18.2 Å². The number of aromatic nitrogens is 4. The molecule has 5 rings (SSSR count). The molecular formula is C22H28N6O3. The molecule has 3 heterocycles. The lowest BCUT2D eigenvalue weighted by molar-refractivity contribution is 0.122. The second-order valence-corrected chi connectivity index (χ2v) is 7.72. The van der Waals surface area contributed by atoms with Crippen LogP contribution in [0.15, 0.2) is 36.7 Å². The van der Waals surface area contributed by atoms with E-state index in [0.717, 1.165) is 49.2 Å². The molecule has 31 heavy (non-hydrogen) atoms. The zero-order chi connectivity index (χ0) is 21.2. The summed E-state index contributed by atoms with van der Waals surface area (Å²) in [7, 11) is 3.25. The monoisotopic (exact) mass is 424 g/mol. The Balaban J connectivity index is 0.00000245. The van der Waals surface area contributed by atoms with Gasteiger partial charge in [0.25, 0.3) is 0 Å². The Morgan fingerprint density at radius 2 is 1.77 bits per heavy atom. The van der Waals surface area contributed by atoms with Crippen molar-refractivity contribution in [2.45, 2.75) is 18.8 Å². The molecule has 1 saturated carbocycles. The maximum atomic E-state index is 5.49. The Kier molecular flexibility index (Phi) is 5.33. The number of benzene rings is 1. The van der Waals surface area contributed by atoms with Crippen molar-refractivity contribution < 1.29 is 15.6 Å². The predicted octanol–water partition coefficient (Wildman–Crippen LogP) is 3.38. The highest BCUT2D eigenvalue weighted by Gasteiger charge is 2.27. The van der Waals surface area contributed by atoms with Gasteiger partial charge in [-0.1, -0.05) is 0 Å². The Labute approximate surface area is 182 Å². The van der Waals surface area contributed by atoms with Crippen LogP contribution in [0.1, 0.15) is 25.9 Å². The highest BCUT2D eigenvalue weighted by molar-refractivity contribution is 5.61. The van der Waals surface area contributed by atoms with Crippen molar-refractivity contribution in [3.05, 3.63) is 42.4 Å². The van der Waals surface area contributed by atoms with Crippen molar-refractivity contribution in [2.75, 3.05) is 50.7 Å². The van der Waals surface area contributed by atoms with Gasteiger partial charge in [0.05, 0.1) is 33.1 Å². The molecule has 0 radical (unpaired) electrons. The summed E-state index contributed by atoms with van der Waals surface area (Å²) in [5.41, 5.74) is 2.88. The second-order valence-electron chi connectivity index (χ2n) is 7.72. The molecule has 2 aromatic heterocycles. The van der Waals surface area contributed by atoms with Crippen LogP contribution in [0.2, 0.25) is 0 Å². The number of methoxy groups -OCH3 is 2. The predicted molar refractivity (Wildman–Crippen MR) is 119 cm³/mol. The first-order valence-corrected chi connectivity index (χ1v) is 10.5. The summed E-state index contributed by atoms with van der Waals surface area (Å²) < 4.78 is 17.9. The Morgan fingerprint density at radius 1 is 1.03 bits per heavy atom. The minimum Gasteiger partial charge on any atom is -0.497 e. The molecule has 2 aliphatic rings. The van der Waals surface area contributed by atoms with Crippen molar-refractivity contribution >= 4 is 17.5 Å². The molecule has 9 heteroatoms. The molecule has 0 amide bonds. The molecule has 9 nitrogen and oxygen atoms in total. The van der Waals surface area contributed by atoms with Gasteiger partial charge in [0.2, 0.25) is 5.95 Å². The zero-order valence-electron chi connectivity index (χ0n) is 17.7. The highest BCUT2D eigenvalue weighted by atomic mass is 16.5. The number of hydrogen-bond acceptors (Lipinski definition) is 8. The number of anilines is 3. The van der Waals surface area contributed by atoms with Gasteiger partial charge in [0.15, 0.2) is 0 Å². The molecule has 0 spiro atoms. The fourth-order valence-corrected chi connectivity index (χ4v) is 3.65. The Bertz CT molecular complexity index is 1040. The molecular weight excluding hydrogens is 396 g/mol. The van der Waals surface area contributed by atoms with Gasteiger partial charge in [-0.3, -0.25) is 0 Å². The van der Waals surface area contributed by atoms with Crippen LogP contribution < -0.4 is 19.7 Å². The lowest BCUT2D eigenvalue weighted by Crippen LogP contribution is -2.36. The van der Waals surface area contributed by atoms with Crippen LogP contribution in [0, 0.1) is 0 Å². The Morgan fingerprint density at radius 3 is 2.45 bits per heavy atom. The summed E-state index contributed by atoms with van der Waals surface area (Å²) in [6, 6.07) is 9.76. The third kappa shape index (κ3) is 4.41. The summed E-state index contributed by atoms with van der Waals surface area (Å²) >= 11 is 0. The van der Waals surface area contributed by atoms with E-state index in [1.54, 1.807) is 25.2 Å². The van der Waals surface area contributed by atoms with E-state index in [2.05, 4.69) is 32.4 Å². The van der Waals surface area contributed by atoms with Gasteiger partial charge in [-0.15, -0.1) is 5.10 Å². The summed E-state index contributed by atoms with van der Waals surface area (Å²) in [5, 5.41) is 7.94. The highest BCUT2D eigenvalue weighted by Crippen LogP contribution is 2.41. The number of nitrogens with one attached hydrogen (secondary N) is 1. The standard InChI is InChI=1S/C22H26N6O3.H2/c1-29-18-11-17(12-19(13-18)30-2)28-14-23-22(26-28)24-16-9-20(15-3-4-15)25-21(10-16)27-5-7-31-8-6-27;/h9-15H,3-8H2,1-2H3,(H,24,25,26);1H. The number of ether oxygens (including phenoxy) is 3. The SMILES string of the molecule is COc1cc(OC)cc(-n2cnc(Nc3cc(C4CC4)nc(N4CCOCC4)c3)n2)c1.[HH]. The smallest absolute Gasteiger partial charge is 0.246 e. The van der Waals surface area contributed by atoms with Crippen LogP contribution in [0.4, 0.5) is 17.5 Å². The average molecular weight is 425 g/mol. The summed E-state index contributed by atoms with van der Waals surface area (Å²) in [6.45, 7) is 3.17. The number of hydrogen-bond donors (Lipinski definition) is 1. The maximum absolute atomic E-state index is 5.49. The fourth-order valence-electron chi connectivity index (χ4n) is 3.65. The quantitative estimate of drug-likeness (QED) is 0.618. The molecule has 1 aliphatic heterocycles. The lowest BCUT2D eigenvalue weighted by Gasteiger charge is -2.28. The van der Waals surface area contributed by atoms with Crippen LogP contribution in [0.25, 0.3) is 5.69 Å². The van der Waals surface area contributed by atoms with E-state index < -0.39 is 0 Å². The molecule has 0 atom stereocenters. The van der Waals surface area contributed by atoms with Crippen LogP contribution in [0.5, 0.6) is 11.5 Å². The van der Waals surface area contributed by atoms with Crippen LogP contribution in [-0.2, 0) is 4.74 Å². The van der Waals surface area contributed by atoms with E-state index in [0.29, 0.717) is 23.4 Å². The normalized spacial score (nSPS) is 16.3. The van der Waals surface area contributed by atoms with Gasteiger partial charge in [-0.25, -0.2) is 9.67 Å². The average Bonchev–Trinajstić information content (AvgIpc) is 3.58. The molecule has 3 aromatic rings. The van der Waals surface area contributed by atoms with Gasteiger partial charge in [-0.2, -0.15) is 4.98 Å². The van der Waals surface area contributed by atoms with Gasteiger partial charge in [-0.05, 0) is 18.9 Å². The molecule has 1 N–H and O–H groups in total. The third-order valence-electron chi connectivity index (χ3n) is 5.51. The topological polar surface area (TPSA) is 86.6 Å². The van der Waals surface area contributed by atoms with Crippen molar-refractivity contribution in [1.82, 2.24) is 19.7 Å². The minimum absolute atomic E-state index is 0. The zero-order valence-corrected chi connectivity index (χ0v) is 17.7. The molecule has 0 unspecified atom stereocenters. The molecule has 2 fully saturated rings. The van der Waals surface area contributed by atoms with E-state index in [1.165, 1.54) is 12.8 Å². The van der Waals surface area contributed by atoms with E-state index in [-0.39, 0.29) is 1.43 Å². The first kappa shape index (κ1) is 19.6. The molecule has 164 valence electrons. The molecule has 1 aromatic carbocycles. The van der Waals surface area contributed by atoms with Crippen molar-refractivity contribution in [1.29, 1.82) is 0 Å². The van der Waals surface area contributed by atoms with Gasteiger partial charge in [0, 0.05) is 56.1 Å². The van der Waals surface area contributed by atoms with Crippen molar-refractivity contribution in [3.8, 4) is 17.2 Å². The lowest BCUT2D eigenvalue weighted by atomic mass is 10.2. The van der Waals surface area contributed by atoms with Gasteiger partial charge < -0.3 is 24.4 Å². The van der Waals surface area contributed by atoms with Crippen LogP contribution in [-0.4, -0.2) is 60.3 Å². The minimum atomic E-state index is 0. The largest absolute Gasteiger partial charge is 0.497 e. The first-order valence-electron chi connectivity index (χ1n) is 10.5. The maximum Gasteiger partial charge on any atom is 0.246 e. The van der Waals surface area contributed by atoms with Crippen LogP contribution in [0.3, 0.4) is 0 Å². The third-order valence-corrected chi connectivity index (χ3v) is 5.51. The summed E-state index contributed by atoms with van der Waals surface area (Å²) in [4.78, 5) is 11.6. The molecule has 1 aliphatic carbocycles. The molecule has 0 bridgehead atoms. The number of morpholine rings is 1. The summed E-state index contributed by atoms with van der Waals surface area (Å²) in [6.07, 6.45) is 4.07. The van der Waals surface area contributed by atoms with E-state index >= 15 is 0 Å². The van der Waals surface area contributed by atoms with Gasteiger partial charge >= 0.3 is 0 Å².